The lowest BCUT2D eigenvalue weighted by molar-refractivity contribution is -0.00866. The molecule has 0 unspecified atom stereocenters. The maximum Gasteiger partial charge on any atom is 0.0716 e. The molecule has 1 heteroatoms. The molecule has 0 spiro atoms. The first kappa shape index (κ1) is 46.7. The van der Waals surface area contributed by atoms with Gasteiger partial charge in [-0.25, -0.2) is 0 Å². The highest BCUT2D eigenvalue weighted by Gasteiger charge is 2.58. The Hall–Kier alpha value is -7.22. The van der Waals surface area contributed by atoms with E-state index in [1.54, 1.807) is 16.7 Å². The van der Waals surface area contributed by atoms with Crippen molar-refractivity contribution in [3.63, 3.8) is 0 Å². The zero-order valence-electron chi connectivity index (χ0n) is 46.1. The number of hydrogen-bond acceptors (Lipinski definition) is 1. The third-order valence-corrected chi connectivity index (χ3v) is 22.4. The molecule has 79 heavy (non-hydrogen) atoms. The van der Waals surface area contributed by atoms with Crippen molar-refractivity contribution in [2.45, 2.75) is 113 Å². The third-order valence-electron chi connectivity index (χ3n) is 22.4. The summed E-state index contributed by atoms with van der Waals surface area (Å²) >= 11 is 0. The summed E-state index contributed by atoms with van der Waals surface area (Å²) < 4.78 is 0. The fourth-order valence-electron chi connectivity index (χ4n) is 20.1. The van der Waals surface area contributed by atoms with Crippen LogP contribution < -0.4 is 4.90 Å². The maximum absolute atomic E-state index is 2.96. The summed E-state index contributed by atoms with van der Waals surface area (Å²) in [5.74, 6) is 5.18. The highest BCUT2D eigenvalue weighted by molar-refractivity contribution is 5.98. The molecular weight excluding hydrogens is 951 g/mol. The van der Waals surface area contributed by atoms with Crippen LogP contribution in [-0.4, -0.2) is 0 Å². The molecule has 10 aliphatic rings. The summed E-state index contributed by atoms with van der Waals surface area (Å²) in [4.78, 5) is 2.53. The summed E-state index contributed by atoms with van der Waals surface area (Å²) in [7, 11) is 0. The van der Waals surface area contributed by atoms with Gasteiger partial charge < -0.3 is 4.90 Å². The number of nitrogens with zero attached hydrogens (tertiary/aromatic N) is 1. The van der Waals surface area contributed by atoms with E-state index in [2.05, 4.69) is 231 Å². The van der Waals surface area contributed by atoms with Gasteiger partial charge in [-0.05, 0) is 249 Å². The third kappa shape index (κ3) is 6.87. The monoisotopic (exact) mass is 1020 g/mol. The van der Waals surface area contributed by atoms with E-state index in [0.29, 0.717) is 0 Å². The molecule has 0 aliphatic heterocycles. The zero-order chi connectivity index (χ0) is 52.2. The minimum absolute atomic E-state index is 0.126. The van der Waals surface area contributed by atoms with Crippen LogP contribution in [0, 0.1) is 35.5 Å². The lowest BCUT2D eigenvalue weighted by Gasteiger charge is -2.59. The van der Waals surface area contributed by atoms with Crippen LogP contribution in [-0.2, 0) is 21.7 Å². The molecule has 0 N–H and O–H groups in total. The van der Waals surface area contributed by atoms with Crippen LogP contribution in [0.2, 0.25) is 0 Å². The van der Waals surface area contributed by atoms with Crippen LogP contribution in [0.15, 0.2) is 212 Å². The molecule has 19 rings (SSSR count). The average Bonchev–Trinajstić information content (AvgIpc) is 2.77. The van der Waals surface area contributed by atoms with E-state index in [-0.39, 0.29) is 16.2 Å². The fraction of sp³-hybridized carbons (Fsp3) is 0.308. The van der Waals surface area contributed by atoms with Gasteiger partial charge in [-0.2, -0.15) is 0 Å². The number of anilines is 3. The van der Waals surface area contributed by atoms with Gasteiger partial charge in [-0.3, -0.25) is 0 Å². The van der Waals surface area contributed by atoms with E-state index in [9.17, 15) is 0 Å². The topological polar surface area (TPSA) is 3.24 Å². The van der Waals surface area contributed by atoms with E-state index < -0.39 is 5.41 Å². The van der Waals surface area contributed by atoms with Gasteiger partial charge in [0.15, 0.2) is 0 Å². The quantitative estimate of drug-likeness (QED) is 0.139. The minimum Gasteiger partial charge on any atom is -0.310 e. The Morgan fingerprint density at radius 2 is 0.797 bits per heavy atom. The molecule has 0 radical (unpaired) electrons. The summed E-state index contributed by atoms with van der Waals surface area (Å²) in [6.45, 7) is 4.81. The molecule has 0 amide bonds. The summed E-state index contributed by atoms with van der Waals surface area (Å²) in [6, 6.07) is 83.0. The van der Waals surface area contributed by atoms with Gasteiger partial charge in [-0.15, -0.1) is 0 Å². The van der Waals surface area contributed by atoms with Crippen molar-refractivity contribution in [1.29, 1.82) is 0 Å². The van der Waals surface area contributed by atoms with Gasteiger partial charge in [0.05, 0.1) is 5.41 Å². The summed E-state index contributed by atoms with van der Waals surface area (Å²) in [6.07, 6.45) is 16.9. The second-order valence-electron chi connectivity index (χ2n) is 27.3. The van der Waals surface area contributed by atoms with Crippen LogP contribution >= 0.6 is 0 Å². The number of hydrogen-bond donors (Lipinski definition) is 0. The standard InChI is InChI=1S/C78H71N/c1-75(2)69-26-13-12-24-66(69)67-33-32-64(43-71(67)75)79(62-30-28-57(29-31-62)56-16-6-3-7-17-56)63-23-14-18-58(40-63)65-25-15-27-70-73(65)68-41-61(76-44-50-34-51(45-76)36-52(35-50)46-76)42-72(77-47-53-37-54(48-77)39-55(38-53)49-77)74(68)78(70,59-19-8-4-9-20-59)60-21-10-5-11-22-60/h3-33,40-43,50-55H,34-39,44-49H2,1-2H3. The van der Waals surface area contributed by atoms with Crippen molar-refractivity contribution in [3.8, 4) is 44.5 Å². The molecule has 0 heterocycles. The summed E-state index contributed by atoms with van der Waals surface area (Å²) in [5.41, 5.74) is 26.2. The van der Waals surface area contributed by atoms with Crippen molar-refractivity contribution in [2.75, 3.05) is 4.90 Å². The lowest BCUT2D eigenvalue weighted by atomic mass is 9.45. The van der Waals surface area contributed by atoms with Crippen LogP contribution in [0.3, 0.4) is 0 Å². The highest BCUT2D eigenvalue weighted by Crippen LogP contribution is 2.69. The van der Waals surface area contributed by atoms with Gasteiger partial charge in [0, 0.05) is 22.5 Å². The number of benzene rings is 9. The van der Waals surface area contributed by atoms with E-state index in [4.69, 9.17) is 0 Å². The van der Waals surface area contributed by atoms with Gasteiger partial charge in [-0.1, -0.05) is 190 Å². The Morgan fingerprint density at radius 1 is 0.316 bits per heavy atom. The van der Waals surface area contributed by atoms with Crippen LogP contribution in [0.4, 0.5) is 17.1 Å². The van der Waals surface area contributed by atoms with Gasteiger partial charge in [0.25, 0.3) is 0 Å². The Balaban J connectivity index is 0.910. The second-order valence-corrected chi connectivity index (χ2v) is 27.3. The molecule has 10 aliphatic carbocycles. The van der Waals surface area contributed by atoms with E-state index in [0.717, 1.165) is 41.2 Å². The SMILES string of the molecule is CC1(C)c2ccccc2-c2ccc(N(c3ccc(-c4ccccc4)cc3)c3cccc(-c4cccc5c4-c4cc(C67CC8CC(CC(C8)C6)C7)cc(C67CC8CC(CC(C8)C6)C7)c4C5(c4ccccc4)c4ccccc4)c3)cc21. The predicted molar refractivity (Wildman–Crippen MR) is 327 cm³/mol. The van der Waals surface area contributed by atoms with Crippen LogP contribution in [0.1, 0.15) is 135 Å². The molecule has 0 aromatic heterocycles. The normalized spacial score (nSPS) is 27.3. The van der Waals surface area contributed by atoms with Crippen LogP contribution in [0.25, 0.3) is 44.5 Å². The molecule has 0 saturated heterocycles. The van der Waals surface area contributed by atoms with Crippen molar-refractivity contribution in [3.05, 3.63) is 257 Å². The fourth-order valence-corrected chi connectivity index (χ4v) is 20.1. The highest BCUT2D eigenvalue weighted by atomic mass is 15.1. The first-order valence-corrected chi connectivity index (χ1v) is 30.5. The molecule has 388 valence electrons. The Morgan fingerprint density at radius 3 is 1.43 bits per heavy atom. The van der Waals surface area contributed by atoms with Gasteiger partial charge >= 0.3 is 0 Å². The zero-order valence-corrected chi connectivity index (χ0v) is 46.1. The molecular formula is C78H71N. The first-order valence-electron chi connectivity index (χ1n) is 30.5. The second kappa shape index (κ2) is 17.1. The Kier molecular flexibility index (Phi) is 10.1. The maximum atomic E-state index is 2.96. The van der Waals surface area contributed by atoms with Gasteiger partial charge in [0.1, 0.15) is 0 Å². The smallest absolute Gasteiger partial charge is 0.0716 e. The molecule has 1 nitrogen and oxygen atoms in total. The van der Waals surface area contributed by atoms with Crippen molar-refractivity contribution in [2.24, 2.45) is 35.5 Å². The van der Waals surface area contributed by atoms with Crippen molar-refractivity contribution >= 4 is 17.1 Å². The van der Waals surface area contributed by atoms with E-state index in [1.807, 2.05) is 0 Å². The molecule has 8 saturated carbocycles. The predicted octanol–water partition coefficient (Wildman–Crippen LogP) is 20.1. The largest absolute Gasteiger partial charge is 0.310 e. The Labute approximate surface area is 468 Å². The lowest BCUT2D eigenvalue weighted by Crippen LogP contribution is -2.50. The van der Waals surface area contributed by atoms with Crippen LogP contribution in [0.5, 0.6) is 0 Å². The first-order chi connectivity index (χ1) is 38.7. The molecule has 9 aromatic carbocycles. The van der Waals surface area contributed by atoms with Gasteiger partial charge in [0.2, 0.25) is 0 Å². The average molecular weight is 1020 g/mol. The molecule has 9 aromatic rings. The number of fused-ring (bicyclic) bond motifs is 6. The van der Waals surface area contributed by atoms with Crippen molar-refractivity contribution in [1.82, 2.24) is 0 Å². The molecule has 0 atom stereocenters. The van der Waals surface area contributed by atoms with E-state index in [1.165, 1.54) is 161 Å². The summed E-state index contributed by atoms with van der Waals surface area (Å²) in [5, 5.41) is 0. The Bertz CT molecular complexity index is 3770. The molecule has 8 bridgehead atoms. The molecule has 8 fully saturated rings. The van der Waals surface area contributed by atoms with Crippen molar-refractivity contribution < 1.29 is 0 Å². The van der Waals surface area contributed by atoms with E-state index >= 15 is 0 Å². The number of rotatable bonds is 9. The minimum atomic E-state index is -0.485.